The minimum Gasteiger partial charge on any atom is -0.482 e. The Morgan fingerprint density at radius 2 is 1.83 bits per heavy atom. The van der Waals surface area contributed by atoms with Crippen LogP contribution in [0.5, 0.6) is 5.75 Å². The smallest absolute Gasteiger partial charge is 0.311 e. The number of nitrogens with zero attached hydrogens (tertiary/aromatic N) is 2. The molecule has 0 aliphatic heterocycles. The number of hydrogen-bond donors (Lipinski definition) is 0. The van der Waals surface area contributed by atoms with Crippen molar-refractivity contribution in [2.45, 2.75) is 19.4 Å². The molecule has 5 nitrogen and oxygen atoms in total. The highest BCUT2D eigenvalue weighted by Gasteiger charge is 2.16. The van der Waals surface area contributed by atoms with Crippen molar-refractivity contribution in [2.24, 2.45) is 0 Å². The van der Waals surface area contributed by atoms with Crippen LogP contribution in [-0.4, -0.2) is 30.5 Å². The topological polar surface area (TPSA) is 55.6 Å². The third-order valence-electron chi connectivity index (χ3n) is 3.53. The number of rotatable bonds is 8. The monoisotopic (exact) mass is 314 g/mol. The van der Waals surface area contributed by atoms with Gasteiger partial charge in [0.1, 0.15) is 6.61 Å². The molecule has 0 radical (unpaired) electrons. The predicted molar refractivity (Wildman–Crippen MR) is 90.7 cm³/mol. The van der Waals surface area contributed by atoms with E-state index in [9.17, 15) is 10.1 Å². The highest BCUT2D eigenvalue weighted by Crippen LogP contribution is 2.29. The van der Waals surface area contributed by atoms with Crippen LogP contribution in [0.2, 0.25) is 0 Å². The van der Waals surface area contributed by atoms with E-state index >= 15 is 0 Å². The van der Waals surface area contributed by atoms with Crippen LogP contribution < -0.4 is 4.74 Å². The lowest BCUT2D eigenvalue weighted by molar-refractivity contribution is -0.386. The van der Waals surface area contributed by atoms with Gasteiger partial charge in [0.25, 0.3) is 0 Å². The molecule has 2 aromatic carbocycles. The second-order valence-electron chi connectivity index (χ2n) is 5.74. The van der Waals surface area contributed by atoms with Crippen LogP contribution in [0.25, 0.3) is 0 Å². The summed E-state index contributed by atoms with van der Waals surface area (Å²) in [6.45, 7) is 1.28. The van der Waals surface area contributed by atoms with Gasteiger partial charge in [-0.1, -0.05) is 36.4 Å². The maximum Gasteiger partial charge on any atom is 0.311 e. The van der Waals surface area contributed by atoms with Crippen molar-refractivity contribution < 1.29 is 9.66 Å². The largest absolute Gasteiger partial charge is 0.482 e. The van der Waals surface area contributed by atoms with Gasteiger partial charge in [0.2, 0.25) is 0 Å². The van der Waals surface area contributed by atoms with E-state index in [4.69, 9.17) is 4.74 Å². The number of aryl methyl sites for hydroxylation is 1. The molecule has 0 atom stereocenters. The van der Waals surface area contributed by atoms with Gasteiger partial charge in [0.05, 0.1) is 4.92 Å². The molecule has 0 aliphatic carbocycles. The van der Waals surface area contributed by atoms with Crippen molar-refractivity contribution in [3.05, 3.63) is 69.8 Å². The van der Waals surface area contributed by atoms with Gasteiger partial charge in [-0.15, -0.1) is 0 Å². The number of nitro benzene ring substituents is 1. The Bertz CT molecular complexity index is 642. The van der Waals surface area contributed by atoms with E-state index in [2.05, 4.69) is 4.90 Å². The minimum absolute atomic E-state index is 0.0308. The Hall–Kier alpha value is -2.40. The van der Waals surface area contributed by atoms with Crippen LogP contribution in [0.3, 0.4) is 0 Å². The van der Waals surface area contributed by atoms with Gasteiger partial charge < -0.3 is 9.64 Å². The van der Waals surface area contributed by atoms with E-state index in [1.165, 1.54) is 0 Å². The first kappa shape index (κ1) is 17.0. The Labute approximate surface area is 136 Å². The summed E-state index contributed by atoms with van der Waals surface area (Å²) in [4.78, 5) is 13.0. The van der Waals surface area contributed by atoms with Crippen LogP contribution in [-0.2, 0) is 13.0 Å². The Kier molecular flexibility index (Phi) is 6.11. The molecule has 122 valence electrons. The zero-order chi connectivity index (χ0) is 16.7. The number of ether oxygens (including phenoxy) is 1. The van der Waals surface area contributed by atoms with E-state index in [1.54, 1.807) is 12.1 Å². The lowest BCUT2D eigenvalue weighted by Crippen LogP contribution is -2.13. The van der Waals surface area contributed by atoms with E-state index in [1.807, 2.05) is 50.5 Å². The Morgan fingerprint density at radius 3 is 2.48 bits per heavy atom. The van der Waals surface area contributed by atoms with Gasteiger partial charge in [-0.25, -0.2) is 0 Å². The van der Waals surface area contributed by atoms with Crippen LogP contribution in [0.1, 0.15) is 17.5 Å². The molecule has 0 heterocycles. The summed E-state index contributed by atoms with van der Waals surface area (Å²) >= 11 is 0. The van der Waals surface area contributed by atoms with E-state index < -0.39 is 0 Å². The standard InChI is InChI=1S/C18H22N2O3/c1-19(2)12-6-9-15-10-11-18(17(13-15)20(21)22)23-14-16-7-4-3-5-8-16/h3-5,7-8,10-11,13H,6,9,12,14H2,1-2H3. The third-order valence-corrected chi connectivity index (χ3v) is 3.53. The molecule has 0 aliphatic rings. The highest BCUT2D eigenvalue weighted by atomic mass is 16.6. The molecule has 0 aromatic heterocycles. The van der Waals surface area contributed by atoms with Gasteiger partial charge in [0, 0.05) is 6.07 Å². The van der Waals surface area contributed by atoms with Crippen molar-refractivity contribution in [3.63, 3.8) is 0 Å². The quantitative estimate of drug-likeness (QED) is 0.551. The Balaban J connectivity index is 2.05. The second-order valence-corrected chi connectivity index (χ2v) is 5.74. The zero-order valence-electron chi connectivity index (χ0n) is 13.6. The first-order valence-electron chi connectivity index (χ1n) is 7.65. The highest BCUT2D eigenvalue weighted by molar-refractivity contribution is 5.48. The van der Waals surface area contributed by atoms with Crippen LogP contribution in [0, 0.1) is 10.1 Å². The molecule has 0 amide bonds. The average molecular weight is 314 g/mol. The zero-order valence-corrected chi connectivity index (χ0v) is 13.6. The van der Waals surface area contributed by atoms with Crippen molar-refractivity contribution in [3.8, 4) is 5.75 Å². The molecular formula is C18H22N2O3. The maximum absolute atomic E-state index is 11.3. The van der Waals surface area contributed by atoms with E-state index in [0.29, 0.717) is 12.4 Å². The van der Waals surface area contributed by atoms with E-state index in [0.717, 1.165) is 30.5 Å². The number of nitro groups is 1. The van der Waals surface area contributed by atoms with Gasteiger partial charge in [0.15, 0.2) is 5.75 Å². The van der Waals surface area contributed by atoms with Crippen molar-refractivity contribution >= 4 is 5.69 Å². The molecule has 23 heavy (non-hydrogen) atoms. The summed E-state index contributed by atoms with van der Waals surface area (Å²) in [6, 6.07) is 14.9. The minimum atomic E-state index is -0.379. The lowest BCUT2D eigenvalue weighted by Gasteiger charge is -2.10. The molecule has 0 unspecified atom stereocenters. The van der Waals surface area contributed by atoms with Gasteiger partial charge in [-0.3, -0.25) is 10.1 Å². The van der Waals surface area contributed by atoms with Gasteiger partial charge in [-0.2, -0.15) is 0 Å². The molecule has 2 rings (SSSR count). The number of hydrogen-bond acceptors (Lipinski definition) is 4. The van der Waals surface area contributed by atoms with E-state index in [-0.39, 0.29) is 10.6 Å². The van der Waals surface area contributed by atoms with Crippen LogP contribution >= 0.6 is 0 Å². The molecule has 0 bridgehead atoms. The molecular weight excluding hydrogens is 292 g/mol. The fraction of sp³-hybridized carbons (Fsp3) is 0.333. The SMILES string of the molecule is CN(C)CCCc1ccc(OCc2ccccc2)c([N+](=O)[O-])c1. The second kappa shape index (κ2) is 8.29. The van der Waals surface area contributed by atoms with Crippen molar-refractivity contribution in [1.29, 1.82) is 0 Å². The summed E-state index contributed by atoms with van der Waals surface area (Å²) in [5.41, 5.74) is 1.98. The molecule has 2 aromatic rings. The average Bonchev–Trinajstić information content (AvgIpc) is 2.54. The van der Waals surface area contributed by atoms with Crippen molar-refractivity contribution in [1.82, 2.24) is 4.90 Å². The first-order valence-corrected chi connectivity index (χ1v) is 7.65. The summed E-state index contributed by atoms with van der Waals surface area (Å²) < 4.78 is 5.63. The molecule has 0 saturated heterocycles. The third kappa shape index (κ3) is 5.38. The molecule has 0 spiro atoms. The summed E-state index contributed by atoms with van der Waals surface area (Å²) in [5.74, 6) is 0.315. The van der Waals surface area contributed by atoms with Crippen LogP contribution in [0.4, 0.5) is 5.69 Å². The molecule has 0 N–H and O–H groups in total. The Morgan fingerprint density at radius 1 is 1.09 bits per heavy atom. The molecule has 5 heteroatoms. The summed E-state index contributed by atoms with van der Waals surface area (Å²) in [7, 11) is 4.03. The normalized spacial score (nSPS) is 10.7. The fourth-order valence-corrected chi connectivity index (χ4v) is 2.32. The maximum atomic E-state index is 11.3. The van der Waals surface area contributed by atoms with Crippen LogP contribution in [0.15, 0.2) is 48.5 Å². The van der Waals surface area contributed by atoms with Crippen molar-refractivity contribution in [2.75, 3.05) is 20.6 Å². The molecule has 0 saturated carbocycles. The van der Waals surface area contributed by atoms with Gasteiger partial charge in [-0.05, 0) is 50.7 Å². The van der Waals surface area contributed by atoms with Gasteiger partial charge >= 0.3 is 5.69 Å². The molecule has 0 fully saturated rings. The fourth-order valence-electron chi connectivity index (χ4n) is 2.32. The number of benzene rings is 2. The first-order chi connectivity index (χ1) is 11.1. The lowest BCUT2D eigenvalue weighted by atomic mass is 10.1. The summed E-state index contributed by atoms with van der Waals surface area (Å²) in [6.07, 6.45) is 1.78. The summed E-state index contributed by atoms with van der Waals surface area (Å²) in [5, 5.41) is 11.3. The predicted octanol–water partition coefficient (Wildman–Crippen LogP) is 3.67.